The van der Waals surface area contributed by atoms with Gasteiger partial charge in [0.2, 0.25) is 11.8 Å². The Labute approximate surface area is 185 Å². The van der Waals surface area contributed by atoms with Crippen molar-refractivity contribution in [3.05, 3.63) is 82.0 Å². The third-order valence-electron chi connectivity index (χ3n) is 6.20. The molecule has 5 nitrogen and oxygen atoms in total. The molecule has 1 saturated heterocycles. The van der Waals surface area contributed by atoms with Gasteiger partial charge in [-0.3, -0.25) is 9.59 Å². The van der Waals surface area contributed by atoms with E-state index < -0.39 is 0 Å². The van der Waals surface area contributed by atoms with E-state index in [0.717, 1.165) is 17.7 Å². The van der Waals surface area contributed by atoms with E-state index in [4.69, 9.17) is 4.74 Å². The largest absolute Gasteiger partial charge is 0.497 e. The van der Waals surface area contributed by atoms with Crippen LogP contribution in [0.2, 0.25) is 0 Å². The molecule has 0 saturated carbocycles. The van der Waals surface area contributed by atoms with Gasteiger partial charge in [-0.25, -0.2) is 0 Å². The fourth-order valence-corrected chi connectivity index (χ4v) is 5.59. The fourth-order valence-electron chi connectivity index (χ4n) is 4.68. The van der Waals surface area contributed by atoms with Crippen molar-refractivity contribution in [1.29, 1.82) is 0 Å². The molecule has 0 bridgehead atoms. The van der Waals surface area contributed by atoms with Gasteiger partial charge in [-0.1, -0.05) is 36.4 Å². The molecule has 2 aromatic carbocycles. The molecule has 2 atom stereocenters. The van der Waals surface area contributed by atoms with E-state index in [0.29, 0.717) is 18.8 Å². The second-order valence-electron chi connectivity index (χ2n) is 8.00. The SMILES string of the molecule is COc1cccc(N2CC(C(=O)N3CCc4sccc4C3c3ccccc3)CC2=O)c1. The van der Waals surface area contributed by atoms with Gasteiger partial charge in [-0.05, 0) is 41.1 Å². The van der Waals surface area contributed by atoms with Gasteiger partial charge < -0.3 is 14.5 Å². The fraction of sp³-hybridized carbons (Fsp3) is 0.280. The van der Waals surface area contributed by atoms with E-state index in [-0.39, 0.29) is 30.2 Å². The van der Waals surface area contributed by atoms with Gasteiger partial charge in [-0.2, -0.15) is 0 Å². The lowest BCUT2D eigenvalue weighted by Gasteiger charge is -2.37. The molecular weight excluding hydrogens is 408 g/mol. The van der Waals surface area contributed by atoms with Crippen molar-refractivity contribution in [3.8, 4) is 5.75 Å². The topological polar surface area (TPSA) is 49.9 Å². The molecule has 0 aliphatic carbocycles. The van der Waals surface area contributed by atoms with Crippen LogP contribution in [0.25, 0.3) is 0 Å². The molecule has 1 aromatic heterocycles. The number of thiophene rings is 1. The number of fused-ring (bicyclic) bond motifs is 1. The molecule has 1 fully saturated rings. The Kier molecular flexibility index (Phi) is 5.24. The first kappa shape index (κ1) is 19.8. The van der Waals surface area contributed by atoms with Crippen LogP contribution < -0.4 is 9.64 Å². The van der Waals surface area contributed by atoms with Crippen molar-refractivity contribution in [2.75, 3.05) is 25.1 Å². The molecule has 2 amide bonds. The first-order valence-corrected chi connectivity index (χ1v) is 11.4. The maximum absolute atomic E-state index is 13.7. The number of nitrogens with zero attached hydrogens (tertiary/aromatic N) is 2. The predicted molar refractivity (Wildman–Crippen MR) is 121 cm³/mol. The standard InChI is InChI=1S/C25H24N2O3S/c1-30-20-9-5-8-19(15-20)27-16-18(14-23(27)28)25(29)26-12-10-22-21(11-13-31-22)24(26)17-6-3-2-4-7-17/h2-9,11,13,15,18,24H,10,12,14,16H2,1H3. The summed E-state index contributed by atoms with van der Waals surface area (Å²) in [5.74, 6) is 0.399. The van der Waals surface area contributed by atoms with Crippen LogP contribution in [-0.2, 0) is 16.0 Å². The average molecular weight is 433 g/mol. The summed E-state index contributed by atoms with van der Waals surface area (Å²) < 4.78 is 5.30. The highest BCUT2D eigenvalue weighted by atomic mass is 32.1. The number of carbonyl (C=O) groups is 2. The second kappa shape index (κ2) is 8.19. The van der Waals surface area contributed by atoms with Gasteiger partial charge in [0, 0.05) is 36.1 Å². The van der Waals surface area contributed by atoms with Crippen molar-refractivity contribution in [2.24, 2.45) is 5.92 Å². The number of carbonyl (C=O) groups excluding carboxylic acids is 2. The highest BCUT2D eigenvalue weighted by Gasteiger charge is 2.41. The van der Waals surface area contributed by atoms with Crippen molar-refractivity contribution in [3.63, 3.8) is 0 Å². The number of benzene rings is 2. The quantitative estimate of drug-likeness (QED) is 0.618. The highest BCUT2D eigenvalue weighted by Crippen LogP contribution is 2.39. The third-order valence-corrected chi connectivity index (χ3v) is 7.20. The minimum Gasteiger partial charge on any atom is -0.497 e. The number of anilines is 1. The van der Waals surface area contributed by atoms with Gasteiger partial charge in [-0.15, -0.1) is 11.3 Å². The molecule has 158 valence electrons. The van der Waals surface area contributed by atoms with Gasteiger partial charge in [0.25, 0.3) is 0 Å². The zero-order chi connectivity index (χ0) is 21.4. The maximum atomic E-state index is 13.7. The van der Waals surface area contributed by atoms with Crippen molar-refractivity contribution < 1.29 is 14.3 Å². The molecule has 3 heterocycles. The van der Waals surface area contributed by atoms with E-state index in [9.17, 15) is 9.59 Å². The number of hydrogen-bond acceptors (Lipinski definition) is 4. The Morgan fingerprint density at radius 1 is 1.10 bits per heavy atom. The molecular formula is C25H24N2O3S. The number of methoxy groups -OCH3 is 1. The van der Waals surface area contributed by atoms with E-state index >= 15 is 0 Å². The first-order chi connectivity index (χ1) is 15.2. The second-order valence-corrected chi connectivity index (χ2v) is 9.00. The Balaban J connectivity index is 1.42. The molecule has 5 rings (SSSR count). The molecule has 0 N–H and O–H groups in total. The van der Waals surface area contributed by atoms with Crippen LogP contribution in [0.4, 0.5) is 5.69 Å². The summed E-state index contributed by atoms with van der Waals surface area (Å²) in [5, 5.41) is 2.11. The summed E-state index contributed by atoms with van der Waals surface area (Å²) in [7, 11) is 1.61. The number of amides is 2. The molecule has 6 heteroatoms. The number of rotatable bonds is 4. The van der Waals surface area contributed by atoms with Crippen LogP contribution in [0, 0.1) is 5.92 Å². The normalized spacial score (nSPS) is 20.6. The summed E-state index contributed by atoms with van der Waals surface area (Å²) in [4.78, 5) is 31.5. The molecule has 0 spiro atoms. The van der Waals surface area contributed by atoms with E-state index in [2.05, 4.69) is 23.6 Å². The first-order valence-electron chi connectivity index (χ1n) is 10.5. The Hall–Kier alpha value is -3.12. The van der Waals surface area contributed by atoms with Gasteiger partial charge in [0.05, 0.1) is 19.1 Å². The minimum atomic E-state index is -0.343. The maximum Gasteiger partial charge on any atom is 0.228 e. The summed E-state index contributed by atoms with van der Waals surface area (Å²) in [6.07, 6.45) is 1.10. The van der Waals surface area contributed by atoms with Crippen molar-refractivity contribution >= 4 is 28.8 Å². The van der Waals surface area contributed by atoms with Crippen molar-refractivity contribution in [1.82, 2.24) is 4.90 Å². The molecule has 2 aliphatic heterocycles. The summed E-state index contributed by atoms with van der Waals surface area (Å²) in [6.45, 7) is 1.08. The van der Waals surface area contributed by atoms with Crippen molar-refractivity contribution in [2.45, 2.75) is 18.9 Å². The van der Waals surface area contributed by atoms with Gasteiger partial charge >= 0.3 is 0 Å². The summed E-state index contributed by atoms with van der Waals surface area (Å²) in [6, 6.07) is 19.7. The number of ether oxygens (including phenoxy) is 1. The molecule has 2 aliphatic rings. The zero-order valence-electron chi connectivity index (χ0n) is 17.4. The Bertz CT molecular complexity index is 1110. The summed E-state index contributed by atoms with van der Waals surface area (Å²) >= 11 is 1.76. The predicted octanol–water partition coefficient (Wildman–Crippen LogP) is 4.28. The number of hydrogen-bond donors (Lipinski definition) is 0. The van der Waals surface area contributed by atoms with E-state index in [1.165, 1.54) is 10.4 Å². The van der Waals surface area contributed by atoms with Gasteiger partial charge in [0.1, 0.15) is 5.75 Å². The average Bonchev–Trinajstić information content (AvgIpc) is 3.45. The smallest absolute Gasteiger partial charge is 0.228 e. The lowest BCUT2D eigenvalue weighted by Crippen LogP contribution is -2.43. The lowest BCUT2D eigenvalue weighted by atomic mass is 9.91. The third kappa shape index (κ3) is 3.61. The Morgan fingerprint density at radius 2 is 1.94 bits per heavy atom. The van der Waals surface area contributed by atoms with Gasteiger partial charge in [0.15, 0.2) is 0 Å². The molecule has 3 aromatic rings. The van der Waals surface area contributed by atoms with E-state index in [1.807, 2.05) is 47.4 Å². The molecule has 31 heavy (non-hydrogen) atoms. The van der Waals surface area contributed by atoms with Crippen LogP contribution in [-0.4, -0.2) is 36.9 Å². The van der Waals surface area contributed by atoms with Crippen LogP contribution >= 0.6 is 11.3 Å². The molecule has 0 radical (unpaired) electrons. The van der Waals surface area contributed by atoms with Crippen LogP contribution in [0.3, 0.4) is 0 Å². The van der Waals surface area contributed by atoms with Crippen LogP contribution in [0.15, 0.2) is 66.0 Å². The zero-order valence-corrected chi connectivity index (χ0v) is 18.2. The highest BCUT2D eigenvalue weighted by molar-refractivity contribution is 7.10. The summed E-state index contributed by atoms with van der Waals surface area (Å²) in [5.41, 5.74) is 3.10. The van der Waals surface area contributed by atoms with E-state index in [1.54, 1.807) is 23.3 Å². The lowest BCUT2D eigenvalue weighted by molar-refractivity contribution is -0.137. The monoisotopic (exact) mass is 432 g/mol. The minimum absolute atomic E-state index is 0.0175. The Morgan fingerprint density at radius 3 is 2.74 bits per heavy atom. The molecule has 2 unspecified atom stereocenters. The van der Waals surface area contributed by atoms with Crippen LogP contribution in [0.1, 0.15) is 28.5 Å². The van der Waals surface area contributed by atoms with Crippen LogP contribution in [0.5, 0.6) is 5.75 Å².